The van der Waals surface area contributed by atoms with Crippen LogP contribution in [0.25, 0.3) is 0 Å². The van der Waals surface area contributed by atoms with E-state index < -0.39 is 21.6 Å². The first-order chi connectivity index (χ1) is 7.71. The molecule has 0 aliphatic rings. The first-order valence-electron chi connectivity index (χ1n) is 5.20. The molecule has 1 N–H and O–H groups in total. The van der Waals surface area contributed by atoms with Crippen LogP contribution < -0.4 is 0 Å². The van der Waals surface area contributed by atoms with E-state index in [1.165, 1.54) is 0 Å². The molecule has 0 aromatic heterocycles. The Morgan fingerprint density at radius 3 is 2.06 bits per heavy atom. The Balaban J connectivity index is 3.08. The smallest absolute Gasteiger partial charge is 0.318 e. The molecule has 0 saturated heterocycles. The predicted molar refractivity (Wildman–Crippen MR) is 65.8 cm³/mol. The predicted octanol–water partition coefficient (Wildman–Crippen LogP) is 1.61. The number of carboxylic acids is 1. The fraction of sp³-hybridized carbons (Fsp3) is 0.417. The maximum absolute atomic E-state index is 11.6. The molecule has 1 rings (SSSR count). The molecule has 0 aliphatic heterocycles. The molecule has 1 aromatic rings. The fourth-order valence-corrected chi connectivity index (χ4v) is 3.27. The summed E-state index contributed by atoms with van der Waals surface area (Å²) in [7, 11) is -3.59. The van der Waals surface area contributed by atoms with Gasteiger partial charge in [0.25, 0.3) is 0 Å². The minimum absolute atomic E-state index is 0.211. The van der Waals surface area contributed by atoms with Crippen molar-refractivity contribution < 1.29 is 18.3 Å². The van der Waals surface area contributed by atoms with E-state index in [0.717, 1.165) is 16.7 Å². The van der Waals surface area contributed by atoms with Gasteiger partial charge in [-0.25, -0.2) is 8.42 Å². The van der Waals surface area contributed by atoms with Gasteiger partial charge >= 0.3 is 5.97 Å². The summed E-state index contributed by atoms with van der Waals surface area (Å²) in [5.74, 6) is -2.34. The number of benzene rings is 1. The van der Waals surface area contributed by atoms with Crippen LogP contribution in [0.1, 0.15) is 22.3 Å². The highest BCUT2D eigenvalue weighted by molar-refractivity contribution is 7.91. The minimum Gasteiger partial charge on any atom is -0.480 e. The summed E-state index contributed by atoms with van der Waals surface area (Å²) in [6, 6.07) is 3.80. The van der Waals surface area contributed by atoms with Gasteiger partial charge in [-0.3, -0.25) is 4.79 Å². The van der Waals surface area contributed by atoms with Crippen molar-refractivity contribution in [3.63, 3.8) is 0 Å². The van der Waals surface area contributed by atoms with Crippen molar-refractivity contribution in [2.45, 2.75) is 26.5 Å². The van der Waals surface area contributed by atoms with Crippen LogP contribution in [0.3, 0.4) is 0 Å². The van der Waals surface area contributed by atoms with E-state index >= 15 is 0 Å². The van der Waals surface area contributed by atoms with Crippen LogP contribution in [-0.4, -0.2) is 25.2 Å². The molecule has 4 nitrogen and oxygen atoms in total. The maximum atomic E-state index is 11.6. The van der Waals surface area contributed by atoms with Gasteiger partial charge in [-0.15, -0.1) is 0 Å². The zero-order valence-corrected chi connectivity index (χ0v) is 11.0. The summed E-state index contributed by atoms with van der Waals surface area (Å²) >= 11 is 0. The molecule has 0 radical (unpaired) electrons. The first-order valence-corrected chi connectivity index (χ1v) is 7.02. The monoisotopic (exact) mass is 256 g/mol. The van der Waals surface area contributed by atoms with Crippen LogP contribution >= 0.6 is 0 Å². The van der Waals surface area contributed by atoms with Crippen LogP contribution in [0, 0.1) is 20.8 Å². The molecule has 5 heteroatoms. The molecule has 17 heavy (non-hydrogen) atoms. The molecular weight excluding hydrogens is 240 g/mol. The number of aryl methyl sites for hydroxylation is 3. The van der Waals surface area contributed by atoms with E-state index in [0.29, 0.717) is 5.56 Å². The Kier molecular flexibility index (Phi) is 3.93. The van der Waals surface area contributed by atoms with Crippen LogP contribution in [0.5, 0.6) is 0 Å². The van der Waals surface area contributed by atoms with Crippen LogP contribution in [0.2, 0.25) is 0 Å². The fourth-order valence-electron chi connectivity index (χ4n) is 1.90. The molecule has 1 aromatic carbocycles. The molecule has 0 spiro atoms. The highest BCUT2D eigenvalue weighted by Gasteiger charge is 2.18. The number of sulfone groups is 1. The lowest BCUT2D eigenvalue weighted by atomic mass is 10.0. The summed E-state index contributed by atoms with van der Waals surface area (Å²) in [6.45, 7) is 5.62. The van der Waals surface area contributed by atoms with Crippen LogP contribution in [0.15, 0.2) is 12.1 Å². The quantitative estimate of drug-likeness (QED) is 0.888. The van der Waals surface area contributed by atoms with Gasteiger partial charge in [0.1, 0.15) is 5.75 Å². The number of hydrogen-bond donors (Lipinski definition) is 1. The Labute approximate surface area is 101 Å². The summed E-state index contributed by atoms with van der Waals surface area (Å²) in [5, 5.41) is 8.53. The topological polar surface area (TPSA) is 71.4 Å². The number of carboxylic acid groups (broad SMARTS) is 1. The third kappa shape index (κ3) is 3.85. The summed E-state index contributed by atoms with van der Waals surface area (Å²) in [5.41, 5.74) is 3.55. The van der Waals surface area contributed by atoms with Crippen molar-refractivity contribution >= 4 is 15.8 Å². The third-order valence-corrected chi connectivity index (χ3v) is 3.96. The van der Waals surface area contributed by atoms with E-state index in [4.69, 9.17) is 5.11 Å². The Hall–Kier alpha value is -1.36. The molecule has 0 fully saturated rings. The van der Waals surface area contributed by atoms with Gasteiger partial charge < -0.3 is 5.11 Å². The van der Waals surface area contributed by atoms with E-state index in [1.807, 2.05) is 32.9 Å². The van der Waals surface area contributed by atoms with Gasteiger partial charge in [0, 0.05) is 0 Å². The summed E-state index contributed by atoms with van der Waals surface area (Å²) in [6.07, 6.45) is 0. The Bertz CT molecular complexity index is 521. The summed E-state index contributed by atoms with van der Waals surface area (Å²) in [4.78, 5) is 10.4. The SMILES string of the molecule is Cc1cc(C)c(CS(=O)(=O)CC(=O)O)c(C)c1. The van der Waals surface area contributed by atoms with Crippen molar-refractivity contribution in [3.05, 3.63) is 34.4 Å². The largest absolute Gasteiger partial charge is 0.480 e. The normalized spacial score (nSPS) is 11.5. The van der Waals surface area contributed by atoms with Crippen molar-refractivity contribution in [3.8, 4) is 0 Å². The molecule has 0 unspecified atom stereocenters. The van der Waals surface area contributed by atoms with Gasteiger partial charge in [-0.1, -0.05) is 17.7 Å². The van der Waals surface area contributed by atoms with Gasteiger partial charge in [-0.05, 0) is 37.5 Å². The van der Waals surface area contributed by atoms with Crippen molar-refractivity contribution in [2.75, 3.05) is 5.75 Å². The maximum Gasteiger partial charge on any atom is 0.318 e. The minimum atomic E-state index is -3.59. The average molecular weight is 256 g/mol. The summed E-state index contributed by atoms with van der Waals surface area (Å²) < 4.78 is 23.2. The average Bonchev–Trinajstić information content (AvgIpc) is 2.09. The van der Waals surface area contributed by atoms with E-state index in [2.05, 4.69) is 0 Å². The van der Waals surface area contributed by atoms with Gasteiger partial charge in [0.15, 0.2) is 9.84 Å². The second kappa shape index (κ2) is 4.87. The lowest BCUT2D eigenvalue weighted by Gasteiger charge is -2.11. The Morgan fingerprint density at radius 1 is 1.18 bits per heavy atom. The van der Waals surface area contributed by atoms with E-state index in [9.17, 15) is 13.2 Å². The van der Waals surface area contributed by atoms with Crippen molar-refractivity contribution in [1.82, 2.24) is 0 Å². The number of carbonyl (C=O) groups is 1. The van der Waals surface area contributed by atoms with Gasteiger partial charge in [0.05, 0.1) is 5.75 Å². The van der Waals surface area contributed by atoms with Crippen LogP contribution in [-0.2, 0) is 20.4 Å². The molecular formula is C12H16O4S. The molecule has 0 atom stereocenters. The molecule has 94 valence electrons. The van der Waals surface area contributed by atoms with Crippen LogP contribution in [0.4, 0.5) is 0 Å². The highest BCUT2D eigenvalue weighted by Crippen LogP contribution is 2.19. The van der Waals surface area contributed by atoms with Gasteiger partial charge in [0.2, 0.25) is 0 Å². The third-order valence-electron chi connectivity index (χ3n) is 2.55. The Morgan fingerprint density at radius 2 is 1.65 bits per heavy atom. The molecule has 0 bridgehead atoms. The zero-order chi connectivity index (χ0) is 13.2. The number of aliphatic carboxylic acids is 1. The molecule has 0 saturated carbocycles. The van der Waals surface area contributed by atoms with E-state index in [-0.39, 0.29) is 5.75 Å². The molecule has 0 aliphatic carbocycles. The molecule has 0 heterocycles. The van der Waals surface area contributed by atoms with Crippen molar-refractivity contribution in [2.24, 2.45) is 0 Å². The van der Waals surface area contributed by atoms with Gasteiger partial charge in [-0.2, -0.15) is 0 Å². The second-order valence-corrected chi connectivity index (χ2v) is 6.37. The highest BCUT2D eigenvalue weighted by atomic mass is 32.2. The lowest BCUT2D eigenvalue weighted by Crippen LogP contribution is -2.18. The second-order valence-electron chi connectivity index (χ2n) is 4.30. The van der Waals surface area contributed by atoms with Crippen molar-refractivity contribution in [1.29, 1.82) is 0 Å². The standard InChI is InChI=1S/C12H16O4S/c1-8-4-9(2)11(10(3)5-8)6-17(15,16)7-12(13)14/h4-5H,6-7H2,1-3H3,(H,13,14). The number of rotatable bonds is 4. The first kappa shape index (κ1) is 13.7. The lowest BCUT2D eigenvalue weighted by molar-refractivity contribution is -0.134. The molecule has 0 amide bonds. The van der Waals surface area contributed by atoms with E-state index in [1.54, 1.807) is 0 Å². The zero-order valence-electron chi connectivity index (χ0n) is 10.1. The number of hydrogen-bond acceptors (Lipinski definition) is 3.